The summed E-state index contributed by atoms with van der Waals surface area (Å²) in [7, 11) is -2.97. The topological polar surface area (TPSA) is 53.1 Å². The molecule has 2 aromatic rings. The molecule has 0 radical (unpaired) electrons. The van der Waals surface area contributed by atoms with Crippen molar-refractivity contribution in [3.05, 3.63) is 36.0 Å². The molecule has 0 bridgehead atoms. The van der Waals surface area contributed by atoms with Gasteiger partial charge in [0.2, 0.25) is 7.37 Å². The molecule has 2 atom stereocenters. The number of H-pyrrole nitrogens is 1. The number of aromatic nitrogens is 1. The molecule has 1 aromatic heterocycles. The summed E-state index contributed by atoms with van der Waals surface area (Å²) in [5.41, 5.74) is 2.38. The average Bonchev–Trinajstić information content (AvgIpc) is 2.82. The van der Waals surface area contributed by atoms with Crippen LogP contribution in [0.2, 0.25) is 0 Å². The molecule has 0 aliphatic carbocycles. The molecule has 2 rings (SSSR count). The number of para-hydroxylation sites is 1. The SMILES string of the molecule is CCCC(C)CP(=O)(O)CCCc1c[nH]c2ccccc12. The highest BCUT2D eigenvalue weighted by Crippen LogP contribution is 2.44. The maximum absolute atomic E-state index is 12.2. The number of aromatic amines is 1. The molecular formula is C17H26NO2P. The Morgan fingerprint density at radius 2 is 2.10 bits per heavy atom. The molecule has 0 saturated carbocycles. The fraction of sp³-hybridized carbons (Fsp3) is 0.529. The van der Waals surface area contributed by atoms with Crippen LogP contribution in [-0.2, 0) is 11.0 Å². The van der Waals surface area contributed by atoms with Gasteiger partial charge in [-0.2, -0.15) is 0 Å². The van der Waals surface area contributed by atoms with Crippen LogP contribution in [-0.4, -0.2) is 22.2 Å². The lowest BCUT2D eigenvalue weighted by atomic mass is 10.1. The van der Waals surface area contributed by atoms with Gasteiger partial charge < -0.3 is 9.88 Å². The van der Waals surface area contributed by atoms with Crippen molar-refractivity contribution in [2.24, 2.45) is 5.92 Å². The normalized spacial score (nSPS) is 16.0. The molecule has 2 unspecified atom stereocenters. The van der Waals surface area contributed by atoms with E-state index in [-0.39, 0.29) is 0 Å². The Balaban J connectivity index is 1.87. The van der Waals surface area contributed by atoms with Crippen molar-refractivity contribution in [1.82, 2.24) is 4.98 Å². The summed E-state index contributed by atoms with van der Waals surface area (Å²) in [6.45, 7) is 4.20. The van der Waals surface area contributed by atoms with E-state index < -0.39 is 7.37 Å². The Morgan fingerprint density at radius 1 is 1.33 bits per heavy atom. The van der Waals surface area contributed by atoms with Gasteiger partial charge in [0.25, 0.3) is 0 Å². The highest BCUT2D eigenvalue weighted by Gasteiger charge is 2.21. The number of nitrogens with one attached hydrogen (secondary N) is 1. The fourth-order valence-corrected chi connectivity index (χ4v) is 5.01. The van der Waals surface area contributed by atoms with Gasteiger partial charge in [-0.25, -0.2) is 0 Å². The minimum absolute atomic E-state index is 0.346. The van der Waals surface area contributed by atoms with Gasteiger partial charge in [-0.1, -0.05) is 44.9 Å². The van der Waals surface area contributed by atoms with Gasteiger partial charge >= 0.3 is 0 Å². The summed E-state index contributed by atoms with van der Waals surface area (Å²) >= 11 is 0. The highest BCUT2D eigenvalue weighted by molar-refractivity contribution is 7.57. The molecule has 1 aromatic carbocycles. The van der Waals surface area contributed by atoms with Crippen LogP contribution in [0.5, 0.6) is 0 Å². The van der Waals surface area contributed by atoms with E-state index >= 15 is 0 Å². The first kappa shape index (κ1) is 16.3. The summed E-state index contributed by atoms with van der Waals surface area (Å²) in [6.07, 6.45) is 6.66. The lowest BCUT2D eigenvalue weighted by Crippen LogP contribution is -2.05. The largest absolute Gasteiger partial charge is 0.361 e. The van der Waals surface area contributed by atoms with Crippen molar-refractivity contribution in [2.75, 3.05) is 12.3 Å². The van der Waals surface area contributed by atoms with Crippen LogP contribution in [0.4, 0.5) is 0 Å². The Hall–Kier alpha value is -1.05. The number of hydrogen-bond donors (Lipinski definition) is 2. The predicted octanol–water partition coefficient (Wildman–Crippen LogP) is 4.81. The summed E-state index contributed by atoms with van der Waals surface area (Å²) < 4.78 is 12.2. The van der Waals surface area contributed by atoms with Crippen LogP contribution in [0, 0.1) is 5.92 Å². The lowest BCUT2D eigenvalue weighted by Gasteiger charge is -2.16. The Bertz CT molecular complexity index is 620. The average molecular weight is 307 g/mol. The molecule has 21 heavy (non-hydrogen) atoms. The Labute approximate surface area is 127 Å². The molecule has 0 spiro atoms. The molecule has 3 nitrogen and oxygen atoms in total. The van der Waals surface area contributed by atoms with Crippen molar-refractivity contribution in [3.63, 3.8) is 0 Å². The van der Waals surface area contributed by atoms with Crippen molar-refractivity contribution < 1.29 is 9.46 Å². The molecule has 116 valence electrons. The van der Waals surface area contributed by atoms with Crippen molar-refractivity contribution >= 4 is 18.3 Å². The van der Waals surface area contributed by atoms with Gasteiger partial charge in [0, 0.05) is 29.4 Å². The zero-order valence-corrected chi connectivity index (χ0v) is 13.9. The second-order valence-corrected chi connectivity index (χ2v) is 8.61. The lowest BCUT2D eigenvalue weighted by molar-refractivity contribution is 0.456. The minimum atomic E-state index is -2.97. The van der Waals surface area contributed by atoms with E-state index in [2.05, 4.69) is 31.0 Å². The first-order valence-electron chi connectivity index (χ1n) is 7.87. The summed E-state index contributed by atoms with van der Waals surface area (Å²) in [6, 6.07) is 8.20. The first-order valence-corrected chi connectivity index (χ1v) is 9.90. The molecule has 0 amide bonds. The number of benzene rings is 1. The van der Waals surface area contributed by atoms with Crippen LogP contribution in [0.1, 0.15) is 38.7 Å². The van der Waals surface area contributed by atoms with E-state index in [9.17, 15) is 9.46 Å². The summed E-state index contributed by atoms with van der Waals surface area (Å²) in [4.78, 5) is 13.4. The third kappa shape index (κ3) is 4.72. The van der Waals surface area contributed by atoms with Crippen molar-refractivity contribution in [2.45, 2.75) is 39.5 Å². The third-order valence-electron chi connectivity index (χ3n) is 4.01. The smallest absolute Gasteiger partial charge is 0.200 e. The molecular weight excluding hydrogens is 281 g/mol. The van der Waals surface area contributed by atoms with E-state index in [1.165, 1.54) is 10.9 Å². The van der Waals surface area contributed by atoms with E-state index in [1.54, 1.807) is 0 Å². The third-order valence-corrected chi connectivity index (χ3v) is 6.22. The fourth-order valence-electron chi connectivity index (χ4n) is 3.02. The van der Waals surface area contributed by atoms with Gasteiger partial charge in [-0.05, 0) is 30.4 Å². The van der Waals surface area contributed by atoms with Gasteiger partial charge in [-0.15, -0.1) is 0 Å². The second-order valence-electron chi connectivity index (χ2n) is 6.11. The second kappa shape index (κ2) is 7.29. The quantitative estimate of drug-likeness (QED) is 0.688. The number of fused-ring (bicyclic) bond motifs is 1. The van der Waals surface area contributed by atoms with Crippen molar-refractivity contribution in [3.8, 4) is 0 Å². The van der Waals surface area contributed by atoms with E-state index in [0.29, 0.717) is 18.2 Å². The zero-order chi connectivity index (χ0) is 15.3. The maximum atomic E-state index is 12.2. The van der Waals surface area contributed by atoms with Crippen LogP contribution in [0.3, 0.4) is 0 Å². The Morgan fingerprint density at radius 3 is 2.86 bits per heavy atom. The minimum Gasteiger partial charge on any atom is -0.361 e. The van der Waals surface area contributed by atoms with Crippen LogP contribution in [0.25, 0.3) is 10.9 Å². The molecule has 2 N–H and O–H groups in total. The first-order chi connectivity index (χ1) is 10.0. The molecule has 0 fully saturated rings. The number of aryl methyl sites for hydroxylation is 1. The van der Waals surface area contributed by atoms with Crippen molar-refractivity contribution in [1.29, 1.82) is 0 Å². The van der Waals surface area contributed by atoms with E-state index in [0.717, 1.165) is 31.2 Å². The number of hydrogen-bond acceptors (Lipinski definition) is 1. The monoisotopic (exact) mass is 307 g/mol. The van der Waals surface area contributed by atoms with E-state index in [1.807, 2.05) is 18.3 Å². The molecule has 0 saturated heterocycles. The standard InChI is InChI=1S/C17H26NO2P/c1-3-7-14(2)13-21(19,20)11-6-8-15-12-18-17-10-5-4-9-16(15)17/h4-5,9-10,12,14,18H,3,6-8,11,13H2,1-2H3,(H,19,20). The molecule has 0 aliphatic heterocycles. The van der Waals surface area contributed by atoms with Crippen LogP contribution >= 0.6 is 7.37 Å². The van der Waals surface area contributed by atoms with Gasteiger partial charge in [0.15, 0.2) is 0 Å². The van der Waals surface area contributed by atoms with E-state index in [4.69, 9.17) is 0 Å². The zero-order valence-electron chi connectivity index (χ0n) is 13.0. The summed E-state index contributed by atoms with van der Waals surface area (Å²) in [5.74, 6) is 0.346. The number of rotatable bonds is 8. The van der Waals surface area contributed by atoms with Crippen LogP contribution in [0.15, 0.2) is 30.5 Å². The predicted molar refractivity (Wildman–Crippen MR) is 90.3 cm³/mol. The summed E-state index contributed by atoms with van der Waals surface area (Å²) in [5, 5.41) is 1.23. The van der Waals surface area contributed by atoms with Gasteiger partial charge in [0.1, 0.15) is 0 Å². The van der Waals surface area contributed by atoms with Gasteiger partial charge in [-0.3, -0.25) is 4.57 Å². The maximum Gasteiger partial charge on any atom is 0.200 e. The highest BCUT2D eigenvalue weighted by atomic mass is 31.2. The molecule has 0 aliphatic rings. The molecule has 4 heteroatoms. The molecule has 1 heterocycles. The van der Waals surface area contributed by atoms with Gasteiger partial charge in [0.05, 0.1) is 0 Å². The van der Waals surface area contributed by atoms with Crippen LogP contribution < -0.4 is 0 Å². The Kier molecular flexibility index (Phi) is 5.66.